The first-order valence-electron chi connectivity index (χ1n) is 8.08. The fourth-order valence-corrected chi connectivity index (χ4v) is 5.00. The number of sulfonamides is 1. The molecule has 0 unspecified atom stereocenters. The normalized spacial score (nSPS) is 18.9. The summed E-state index contributed by atoms with van der Waals surface area (Å²) < 4.78 is 30.7. The molecule has 1 aromatic heterocycles. The zero-order valence-corrected chi connectivity index (χ0v) is 15.7. The van der Waals surface area contributed by atoms with Gasteiger partial charge in [-0.05, 0) is 61.5 Å². The molecule has 2 heterocycles. The molecular formula is C16H20N4O3S2. The average molecular weight is 380 g/mol. The molecule has 0 radical (unpaired) electrons. The Morgan fingerprint density at radius 1 is 1.32 bits per heavy atom. The van der Waals surface area contributed by atoms with Crippen LogP contribution in [-0.2, 0) is 10.0 Å². The van der Waals surface area contributed by atoms with Gasteiger partial charge in [-0.1, -0.05) is 11.4 Å². The smallest absolute Gasteiger partial charge is 0.269 e. The van der Waals surface area contributed by atoms with Gasteiger partial charge in [-0.15, -0.1) is 5.10 Å². The van der Waals surface area contributed by atoms with Gasteiger partial charge in [0.15, 0.2) is 0 Å². The largest absolute Gasteiger partial charge is 0.321 e. The minimum Gasteiger partial charge on any atom is -0.321 e. The number of nitrogens with zero attached hydrogens (tertiary/aromatic N) is 3. The Hall–Kier alpha value is -1.84. The van der Waals surface area contributed by atoms with Crippen LogP contribution in [0.5, 0.6) is 0 Å². The summed E-state index contributed by atoms with van der Waals surface area (Å²) in [4.78, 5) is 12.8. The van der Waals surface area contributed by atoms with E-state index in [0.29, 0.717) is 35.3 Å². The Morgan fingerprint density at radius 2 is 2.04 bits per heavy atom. The standard InChI is InChI=1S/C16H20N4O3S2/c1-11-4-3-9-20(10-11)25(22,23)14-7-5-13(6-8-14)17-16(21)15-12(2)18-19-24-15/h5-8,11H,3-4,9-10H2,1-2H3,(H,17,21)/t11-/m0/s1. The molecule has 7 nitrogen and oxygen atoms in total. The van der Waals surface area contributed by atoms with Crippen molar-refractivity contribution < 1.29 is 13.2 Å². The first-order chi connectivity index (χ1) is 11.9. The molecule has 1 fully saturated rings. The summed E-state index contributed by atoms with van der Waals surface area (Å²) >= 11 is 1.03. The number of carbonyl (C=O) groups is 1. The van der Waals surface area contributed by atoms with Gasteiger partial charge < -0.3 is 5.32 Å². The van der Waals surface area contributed by atoms with Gasteiger partial charge in [-0.2, -0.15) is 4.31 Å². The fraction of sp³-hybridized carbons (Fsp3) is 0.438. The molecule has 0 saturated carbocycles. The molecule has 3 rings (SSSR count). The number of piperidine rings is 1. The van der Waals surface area contributed by atoms with Gasteiger partial charge in [0, 0.05) is 18.8 Å². The third-order valence-electron chi connectivity index (χ3n) is 4.23. The number of carbonyl (C=O) groups excluding carboxylic acids is 1. The van der Waals surface area contributed by atoms with E-state index in [1.54, 1.807) is 23.4 Å². The van der Waals surface area contributed by atoms with E-state index in [2.05, 4.69) is 21.8 Å². The van der Waals surface area contributed by atoms with Gasteiger partial charge in [-0.3, -0.25) is 4.79 Å². The van der Waals surface area contributed by atoms with Crippen molar-refractivity contribution in [2.24, 2.45) is 5.92 Å². The molecule has 1 atom stereocenters. The first-order valence-corrected chi connectivity index (χ1v) is 10.3. The minimum absolute atomic E-state index is 0.246. The van der Waals surface area contributed by atoms with Gasteiger partial charge >= 0.3 is 0 Å². The Morgan fingerprint density at radius 3 is 2.64 bits per heavy atom. The summed E-state index contributed by atoms with van der Waals surface area (Å²) in [5.41, 5.74) is 1.10. The molecule has 1 aromatic carbocycles. The quantitative estimate of drug-likeness (QED) is 0.880. The maximum Gasteiger partial charge on any atom is 0.269 e. The summed E-state index contributed by atoms with van der Waals surface area (Å²) in [5, 5.41) is 6.54. The number of hydrogen-bond acceptors (Lipinski definition) is 6. The predicted molar refractivity (Wildman–Crippen MR) is 96.2 cm³/mol. The monoisotopic (exact) mass is 380 g/mol. The van der Waals surface area contributed by atoms with Crippen LogP contribution in [-0.4, -0.2) is 41.3 Å². The van der Waals surface area contributed by atoms with Gasteiger partial charge in [0.2, 0.25) is 10.0 Å². The third-order valence-corrected chi connectivity index (χ3v) is 6.93. The van der Waals surface area contributed by atoms with Crippen molar-refractivity contribution in [3.63, 3.8) is 0 Å². The molecule has 0 aliphatic carbocycles. The van der Waals surface area contributed by atoms with E-state index in [0.717, 1.165) is 24.4 Å². The van der Waals surface area contributed by atoms with E-state index in [1.807, 2.05) is 0 Å². The topological polar surface area (TPSA) is 92.3 Å². The lowest BCUT2D eigenvalue weighted by atomic mass is 10.0. The van der Waals surface area contributed by atoms with Crippen molar-refractivity contribution in [1.82, 2.24) is 13.9 Å². The number of anilines is 1. The number of aromatic nitrogens is 2. The van der Waals surface area contributed by atoms with Crippen LogP contribution in [0.15, 0.2) is 29.2 Å². The van der Waals surface area contributed by atoms with E-state index in [-0.39, 0.29) is 10.8 Å². The molecule has 1 amide bonds. The molecule has 1 N–H and O–H groups in total. The number of benzene rings is 1. The molecule has 1 saturated heterocycles. The second-order valence-corrected chi connectivity index (χ2v) is 8.97. The Bertz CT molecular complexity index is 862. The highest BCUT2D eigenvalue weighted by Gasteiger charge is 2.28. The number of nitrogens with one attached hydrogen (secondary N) is 1. The number of rotatable bonds is 4. The lowest BCUT2D eigenvalue weighted by Gasteiger charge is -2.30. The third kappa shape index (κ3) is 3.88. The summed E-state index contributed by atoms with van der Waals surface area (Å²) in [5.74, 6) is 0.0753. The SMILES string of the molecule is Cc1nnsc1C(=O)Nc1ccc(S(=O)(=O)N2CCC[C@H](C)C2)cc1. The summed E-state index contributed by atoms with van der Waals surface area (Å²) in [7, 11) is -3.49. The molecule has 25 heavy (non-hydrogen) atoms. The highest BCUT2D eigenvalue weighted by Crippen LogP contribution is 2.24. The van der Waals surface area contributed by atoms with Crippen LogP contribution in [0.2, 0.25) is 0 Å². The van der Waals surface area contributed by atoms with Crippen molar-refractivity contribution in [3.8, 4) is 0 Å². The van der Waals surface area contributed by atoms with E-state index in [4.69, 9.17) is 0 Å². The van der Waals surface area contributed by atoms with Crippen molar-refractivity contribution in [2.75, 3.05) is 18.4 Å². The van der Waals surface area contributed by atoms with Crippen molar-refractivity contribution in [1.29, 1.82) is 0 Å². The van der Waals surface area contributed by atoms with Gasteiger partial charge in [0.25, 0.3) is 5.91 Å². The molecular weight excluding hydrogens is 360 g/mol. The Balaban J connectivity index is 1.73. The van der Waals surface area contributed by atoms with Gasteiger partial charge in [-0.25, -0.2) is 8.42 Å². The first kappa shape index (κ1) is 18.0. The van der Waals surface area contributed by atoms with Gasteiger partial charge in [0.05, 0.1) is 10.6 Å². The number of amides is 1. The lowest BCUT2D eigenvalue weighted by molar-refractivity contribution is 0.103. The molecule has 134 valence electrons. The maximum atomic E-state index is 12.7. The van der Waals surface area contributed by atoms with Crippen molar-refractivity contribution in [2.45, 2.75) is 31.6 Å². The van der Waals surface area contributed by atoms with Crippen LogP contribution in [0, 0.1) is 12.8 Å². The van der Waals surface area contributed by atoms with Crippen LogP contribution >= 0.6 is 11.5 Å². The molecule has 1 aliphatic heterocycles. The molecule has 9 heteroatoms. The summed E-state index contributed by atoms with van der Waals surface area (Å²) in [6.07, 6.45) is 1.94. The van der Waals surface area contributed by atoms with Crippen LogP contribution < -0.4 is 5.32 Å². The molecule has 2 aromatic rings. The fourth-order valence-electron chi connectivity index (χ4n) is 2.85. The summed E-state index contributed by atoms with van der Waals surface area (Å²) in [6.45, 7) is 4.89. The van der Waals surface area contributed by atoms with E-state index in [9.17, 15) is 13.2 Å². The van der Waals surface area contributed by atoms with Crippen LogP contribution in [0.4, 0.5) is 5.69 Å². The second-order valence-electron chi connectivity index (χ2n) is 6.28. The Labute approximate surface area is 151 Å². The Kier molecular flexibility index (Phi) is 5.16. The number of aryl methyl sites for hydroxylation is 1. The maximum absolute atomic E-state index is 12.7. The lowest BCUT2D eigenvalue weighted by Crippen LogP contribution is -2.39. The predicted octanol–water partition coefficient (Wildman–Crippen LogP) is 2.52. The molecule has 1 aliphatic rings. The minimum atomic E-state index is -3.49. The molecule has 0 spiro atoms. The number of hydrogen-bond donors (Lipinski definition) is 1. The molecule has 0 bridgehead atoms. The second kappa shape index (κ2) is 7.19. The highest BCUT2D eigenvalue weighted by molar-refractivity contribution is 7.89. The summed E-state index contributed by atoms with van der Waals surface area (Å²) in [6, 6.07) is 6.26. The zero-order valence-electron chi connectivity index (χ0n) is 14.1. The highest BCUT2D eigenvalue weighted by atomic mass is 32.2. The average Bonchev–Trinajstić information content (AvgIpc) is 3.01. The van der Waals surface area contributed by atoms with E-state index < -0.39 is 10.0 Å². The van der Waals surface area contributed by atoms with Crippen LogP contribution in [0.25, 0.3) is 0 Å². The van der Waals surface area contributed by atoms with E-state index >= 15 is 0 Å². The van der Waals surface area contributed by atoms with Crippen LogP contribution in [0.1, 0.15) is 35.1 Å². The zero-order chi connectivity index (χ0) is 18.0. The van der Waals surface area contributed by atoms with E-state index in [1.165, 1.54) is 12.1 Å². The van der Waals surface area contributed by atoms with Gasteiger partial charge in [0.1, 0.15) is 4.88 Å². The van der Waals surface area contributed by atoms with Crippen molar-refractivity contribution in [3.05, 3.63) is 34.8 Å². The van der Waals surface area contributed by atoms with Crippen LogP contribution in [0.3, 0.4) is 0 Å². The van der Waals surface area contributed by atoms with Crippen molar-refractivity contribution >= 4 is 33.2 Å².